The van der Waals surface area contributed by atoms with Crippen molar-refractivity contribution in [1.82, 2.24) is 0 Å². The van der Waals surface area contributed by atoms with Crippen LogP contribution in [0.1, 0.15) is 42.6 Å². The van der Waals surface area contributed by atoms with Crippen molar-refractivity contribution in [3.8, 4) is 0 Å². The van der Waals surface area contributed by atoms with E-state index in [1.54, 1.807) is 12.1 Å². The molecule has 0 heterocycles. The molecular formula is C13H16O2. The number of benzene rings is 1. The van der Waals surface area contributed by atoms with Crippen LogP contribution in [0.4, 0.5) is 0 Å². The van der Waals surface area contributed by atoms with E-state index in [1.807, 2.05) is 19.1 Å². The van der Waals surface area contributed by atoms with Gasteiger partial charge in [0.05, 0.1) is 5.56 Å². The molecule has 1 aromatic rings. The lowest BCUT2D eigenvalue weighted by molar-refractivity contribution is 0.0697. The molecule has 1 rings (SSSR count). The molecule has 15 heavy (non-hydrogen) atoms. The number of carbonyl (C=O) groups is 1. The van der Waals surface area contributed by atoms with E-state index in [1.165, 1.54) is 5.57 Å². The van der Waals surface area contributed by atoms with Crippen molar-refractivity contribution in [2.24, 2.45) is 0 Å². The number of allylic oxidation sites excluding steroid dienone is 2. The number of carboxylic acids is 1. The van der Waals surface area contributed by atoms with Crippen LogP contribution in [-0.2, 0) is 0 Å². The van der Waals surface area contributed by atoms with E-state index in [4.69, 9.17) is 5.11 Å². The average molecular weight is 204 g/mol. The molecule has 0 saturated heterocycles. The minimum atomic E-state index is -0.878. The van der Waals surface area contributed by atoms with Crippen LogP contribution in [0.3, 0.4) is 0 Å². The predicted molar refractivity (Wildman–Crippen MR) is 62.0 cm³/mol. The molecule has 0 unspecified atom stereocenters. The number of aromatic carboxylic acids is 1. The summed E-state index contributed by atoms with van der Waals surface area (Å²) in [4.78, 5) is 10.6. The fourth-order valence-corrected chi connectivity index (χ4v) is 1.35. The molecule has 1 aromatic carbocycles. The standard InChI is InChI=1S/C13H16O2/c1-3-4-5-10(2)11-6-8-12(9-7-11)13(14)15/h5-9H,3-4H2,1-2H3,(H,14,15). The van der Waals surface area contributed by atoms with E-state index in [2.05, 4.69) is 13.0 Å². The van der Waals surface area contributed by atoms with E-state index < -0.39 is 5.97 Å². The highest BCUT2D eigenvalue weighted by Gasteiger charge is 2.01. The molecule has 0 aliphatic rings. The zero-order valence-corrected chi connectivity index (χ0v) is 9.16. The van der Waals surface area contributed by atoms with Crippen molar-refractivity contribution in [2.75, 3.05) is 0 Å². The lowest BCUT2D eigenvalue weighted by Crippen LogP contribution is -1.95. The van der Waals surface area contributed by atoms with E-state index in [0.29, 0.717) is 5.56 Å². The normalized spacial score (nSPS) is 11.5. The highest BCUT2D eigenvalue weighted by Crippen LogP contribution is 2.15. The van der Waals surface area contributed by atoms with Crippen LogP contribution in [0.15, 0.2) is 30.3 Å². The van der Waals surface area contributed by atoms with Gasteiger partial charge >= 0.3 is 5.97 Å². The van der Waals surface area contributed by atoms with Gasteiger partial charge in [-0.3, -0.25) is 0 Å². The summed E-state index contributed by atoms with van der Waals surface area (Å²) in [5, 5.41) is 8.74. The smallest absolute Gasteiger partial charge is 0.335 e. The van der Waals surface area contributed by atoms with Gasteiger partial charge in [-0.05, 0) is 36.6 Å². The van der Waals surface area contributed by atoms with E-state index in [9.17, 15) is 4.79 Å². The van der Waals surface area contributed by atoms with Crippen LogP contribution in [-0.4, -0.2) is 11.1 Å². The first kappa shape index (κ1) is 11.5. The van der Waals surface area contributed by atoms with Gasteiger partial charge in [-0.2, -0.15) is 0 Å². The summed E-state index contributed by atoms with van der Waals surface area (Å²) >= 11 is 0. The molecule has 0 saturated carbocycles. The van der Waals surface area contributed by atoms with Gasteiger partial charge in [0, 0.05) is 0 Å². The van der Waals surface area contributed by atoms with Gasteiger partial charge in [-0.25, -0.2) is 4.79 Å². The van der Waals surface area contributed by atoms with E-state index in [0.717, 1.165) is 18.4 Å². The Morgan fingerprint density at radius 1 is 1.27 bits per heavy atom. The van der Waals surface area contributed by atoms with Gasteiger partial charge in [0.25, 0.3) is 0 Å². The first-order chi connectivity index (χ1) is 7.15. The summed E-state index contributed by atoms with van der Waals surface area (Å²) in [6.45, 7) is 4.18. The Morgan fingerprint density at radius 3 is 2.27 bits per heavy atom. The Morgan fingerprint density at radius 2 is 1.80 bits per heavy atom. The minimum Gasteiger partial charge on any atom is -0.478 e. The molecule has 2 heteroatoms. The molecule has 0 atom stereocenters. The van der Waals surface area contributed by atoms with E-state index in [-0.39, 0.29) is 0 Å². The maximum atomic E-state index is 10.6. The maximum Gasteiger partial charge on any atom is 0.335 e. The van der Waals surface area contributed by atoms with Gasteiger partial charge in [-0.1, -0.05) is 31.6 Å². The Balaban J connectivity index is 2.84. The molecule has 0 bridgehead atoms. The highest BCUT2D eigenvalue weighted by atomic mass is 16.4. The predicted octanol–water partition coefficient (Wildman–Crippen LogP) is 3.59. The SMILES string of the molecule is CCCC=C(C)c1ccc(C(=O)O)cc1. The summed E-state index contributed by atoms with van der Waals surface area (Å²) < 4.78 is 0. The zero-order valence-electron chi connectivity index (χ0n) is 9.16. The quantitative estimate of drug-likeness (QED) is 0.813. The molecule has 0 fully saturated rings. The lowest BCUT2D eigenvalue weighted by Gasteiger charge is -2.02. The van der Waals surface area contributed by atoms with Gasteiger partial charge in [0.1, 0.15) is 0 Å². The van der Waals surface area contributed by atoms with Crippen LogP contribution in [0.5, 0.6) is 0 Å². The van der Waals surface area contributed by atoms with E-state index >= 15 is 0 Å². The van der Waals surface area contributed by atoms with Crippen LogP contribution in [0.25, 0.3) is 5.57 Å². The van der Waals surface area contributed by atoms with Crippen molar-refractivity contribution in [1.29, 1.82) is 0 Å². The molecular weight excluding hydrogens is 188 g/mol. The number of hydrogen-bond acceptors (Lipinski definition) is 1. The minimum absolute atomic E-state index is 0.335. The summed E-state index contributed by atoms with van der Waals surface area (Å²) in [5.74, 6) is -0.878. The van der Waals surface area contributed by atoms with Gasteiger partial charge in [0.2, 0.25) is 0 Å². The van der Waals surface area contributed by atoms with Gasteiger partial charge in [0.15, 0.2) is 0 Å². The molecule has 0 radical (unpaired) electrons. The van der Waals surface area contributed by atoms with Crippen LogP contribution in [0.2, 0.25) is 0 Å². The summed E-state index contributed by atoms with van der Waals surface area (Å²) in [5.41, 5.74) is 2.63. The molecule has 0 spiro atoms. The van der Waals surface area contributed by atoms with Crippen molar-refractivity contribution < 1.29 is 9.90 Å². The lowest BCUT2D eigenvalue weighted by atomic mass is 10.0. The third kappa shape index (κ3) is 3.24. The fraction of sp³-hybridized carbons (Fsp3) is 0.308. The number of carboxylic acid groups (broad SMARTS) is 1. The Labute approximate surface area is 90.3 Å². The average Bonchev–Trinajstić information content (AvgIpc) is 2.26. The van der Waals surface area contributed by atoms with Crippen LogP contribution in [0, 0.1) is 0 Å². The molecule has 2 nitrogen and oxygen atoms in total. The summed E-state index contributed by atoms with van der Waals surface area (Å²) in [6.07, 6.45) is 4.37. The molecule has 1 N–H and O–H groups in total. The second kappa shape index (κ2) is 5.35. The van der Waals surface area contributed by atoms with Gasteiger partial charge < -0.3 is 5.11 Å². The highest BCUT2D eigenvalue weighted by molar-refractivity contribution is 5.88. The van der Waals surface area contributed by atoms with Crippen LogP contribution < -0.4 is 0 Å². The first-order valence-electron chi connectivity index (χ1n) is 5.15. The molecule has 80 valence electrons. The first-order valence-corrected chi connectivity index (χ1v) is 5.15. The fourth-order valence-electron chi connectivity index (χ4n) is 1.35. The van der Waals surface area contributed by atoms with Crippen LogP contribution >= 0.6 is 0 Å². The molecule has 0 aliphatic heterocycles. The van der Waals surface area contributed by atoms with Gasteiger partial charge in [-0.15, -0.1) is 0 Å². The third-order valence-corrected chi connectivity index (χ3v) is 2.33. The number of unbranched alkanes of at least 4 members (excludes halogenated alkanes) is 1. The zero-order chi connectivity index (χ0) is 11.3. The molecule has 0 aromatic heterocycles. The monoisotopic (exact) mass is 204 g/mol. The Kier molecular flexibility index (Phi) is 4.10. The molecule has 0 aliphatic carbocycles. The second-order valence-corrected chi connectivity index (χ2v) is 3.56. The van der Waals surface area contributed by atoms with Crippen molar-refractivity contribution in [3.05, 3.63) is 41.5 Å². The largest absolute Gasteiger partial charge is 0.478 e. The number of rotatable bonds is 4. The molecule has 0 amide bonds. The number of hydrogen-bond donors (Lipinski definition) is 1. The maximum absolute atomic E-state index is 10.6. The van der Waals surface area contributed by atoms with Crippen molar-refractivity contribution in [2.45, 2.75) is 26.7 Å². The summed E-state index contributed by atoms with van der Waals surface area (Å²) in [7, 11) is 0. The second-order valence-electron chi connectivity index (χ2n) is 3.56. The summed E-state index contributed by atoms with van der Waals surface area (Å²) in [6, 6.07) is 6.98. The van der Waals surface area contributed by atoms with Crippen molar-refractivity contribution in [3.63, 3.8) is 0 Å². The topological polar surface area (TPSA) is 37.3 Å². The Hall–Kier alpha value is -1.57. The van der Waals surface area contributed by atoms with Crippen molar-refractivity contribution >= 4 is 11.5 Å². The third-order valence-electron chi connectivity index (χ3n) is 2.33. The Bertz CT molecular complexity index is 361.